The van der Waals surface area contributed by atoms with Crippen LogP contribution in [-0.4, -0.2) is 25.1 Å². The van der Waals surface area contributed by atoms with E-state index < -0.39 is 18.0 Å². The number of aryl methyl sites for hydroxylation is 1. The molecule has 0 saturated carbocycles. The minimum atomic E-state index is -0.999. The lowest BCUT2D eigenvalue weighted by Gasteiger charge is -2.17. The van der Waals surface area contributed by atoms with E-state index in [0.29, 0.717) is 28.3 Å². The van der Waals surface area contributed by atoms with E-state index in [4.69, 9.17) is 14.2 Å². The van der Waals surface area contributed by atoms with Crippen LogP contribution in [0, 0.1) is 6.92 Å². The molecule has 6 heteroatoms. The van der Waals surface area contributed by atoms with Crippen LogP contribution in [0.15, 0.2) is 72.8 Å². The third-order valence-corrected chi connectivity index (χ3v) is 4.64. The van der Waals surface area contributed by atoms with Crippen molar-refractivity contribution in [1.29, 1.82) is 0 Å². The van der Waals surface area contributed by atoms with Crippen molar-refractivity contribution in [3.63, 3.8) is 0 Å². The van der Waals surface area contributed by atoms with Gasteiger partial charge in [0, 0.05) is 5.56 Å². The molecule has 3 aromatic rings. The number of anilines is 1. The molecule has 0 radical (unpaired) electrons. The molecular formula is C25H25NO5. The van der Waals surface area contributed by atoms with Crippen LogP contribution in [0.3, 0.4) is 0 Å². The number of methoxy groups -OCH3 is 1. The SMILES string of the molecule is COc1ccc(C)cc1NC(=O)C(C)OC(=O)c1ccccc1COc1ccccc1. The lowest BCUT2D eigenvalue weighted by molar-refractivity contribution is -0.123. The largest absolute Gasteiger partial charge is 0.495 e. The van der Waals surface area contributed by atoms with E-state index in [2.05, 4.69) is 5.32 Å². The van der Waals surface area contributed by atoms with Gasteiger partial charge in [-0.05, 0) is 49.7 Å². The molecule has 3 aromatic carbocycles. The molecule has 160 valence electrons. The number of carbonyl (C=O) groups excluding carboxylic acids is 2. The highest BCUT2D eigenvalue weighted by Crippen LogP contribution is 2.25. The first-order valence-electron chi connectivity index (χ1n) is 9.90. The van der Waals surface area contributed by atoms with Crippen molar-refractivity contribution in [2.24, 2.45) is 0 Å². The van der Waals surface area contributed by atoms with Crippen molar-refractivity contribution < 1.29 is 23.8 Å². The molecule has 1 atom stereocenters. The maximum Gasteiger partial charge on any atom is 0.339 e. The molecule has 1 amide bonds. The summed E-state index contributed by atoms with van der Waals surface area (Å²) >= 11 is 0. The van der Waals surface area contributed by atoms with Gasteiger partial charge in [-0.1, -0.05) is 42.5 Å². The van der Waals surface area contributed by atoms with Gasteiger partial charge in [-0.2, -0.15) is 0 Å². The minimum Gasteiger partial charge on any atom is -0.495 e. The summed E-state index contributed by atoms with van der Waals surface area (Å²) in [7, 11) is 1.53. The highest BCUT2D eigenvalue weighted by Gasteiger charge is 2.22. The number of nitrogens with one attached hydrogen (secondary N) is 1. The van der Waals surface area contributed by atoms with Crippen LogP contribution >= 0.6 is 0 Å². The fourth-order valence-electron chi connectivity index (χ4n) is 2.95. The average Bonchev–Trinajstić information content (AvgIpc) is 2.78. The molecule has 1 unspecified atom stereocenters. The lowest BCUT2D eigenvalue weighted by Crippen LogP contribution is -2.30. The molecule has 0 aliphatic rings. The number of para-hydroxylation sites is 1. The van der Waals surface area contributed by atoms with Gasteiger partial charge in [0.1, 0.15) is 18.1 Å². The van der Waals surface area contributed by atoms with Gasteiger partial charge in [0.2, 0.25) is 0 Å². The normalized spacial score (nSPS) is 11.3. The number of esters is 1. The number of hydrogen-bond acceptors (Lipinski definition) is 5. The predicted octanol–water partition coefficient (Wildman–Crippen LogP) is 4.77. The standard InChI is InChI=1S/C25H25NO5/c1-17-13-14-23(29-3)22(15-17)26-24(27)18(2)31-25(28)21-12-8-7-9-19(21)16-30-20-10-5-4-6-11-20/h4-15,18H,16H2,1-3H3,(H,26,27). The second-order valence-corrected chi connectivity index (χ2v) is 7.00. The first-order valence-corrected chi connectivity index (χ1v) is 9.90. The summed E-state index contributed by atoms with van der Waals surface area (Å²) in [4.78, 5) is 25.3. The summed E-state index contributed by atoms with van der Waals surface area (Å²) in [6, 6.07) is 21.8. The van der Waals surface area contributed by atoms with Crippen LogP contribution in [0.1, 0.15) is 28.4 Å². The number of rotatable bonds is 8. The van der Waals surface area contributed by atoms with Gasteiger partial charge in [-0.3, -0.25) is 4.79 Å². The van der Waals surface area contributed by atoms with Crippen LogP contribution in [0.2, 0.25) is 0 Å². The van der Waals surface area contributed by atoms with E-state index in [0.717, 1.165) is 5.56 Å². The molecule has 0 heterocycles. The number of amides is 1. The number of ether oxygens (including phenoxy) is 3. The van der Waals surface area contributed by atoms with E-state index >= 15 is 0 Å². The molecule has 3 rings (SSSR count). The predicted molar refractivity (Wildman–Crippen MR) is 118 cm³/mol. The Morgan fingerprint density at radius 3 is 2.42 bits per heavy atom. The Balaban J connectivity index is 1.66. The summed E-state index contributed by atoms with van der Waals surface area (Å²) < 4.78 is 16.4. The molecule has 0 spiro atoms. The Labute approximate surface area is 181 Å². The van der Waals surface area contributed by atoms with Gasteiger partial charge in [0.05, 0.1) is 18.4 Å². The Kier molecular flexibility index (Phi) is 7.27. The first kappa shape index (κ1) is 21.9. The Morgan fingerprint density at radius 2 is 1.68 bits per heavy atom. The highest BCUT2D eigenvalue weighted by atomic mass is 16.5. The number of carbonyl (C=O) groups is 2. The fourth-order valence-corrected chi connectivity index (χ4v) is 2.95. The van der Waals surface area contributed by atoms with E-state index in [9.17, 15) is 9.59 Å². The zero-order chi connectivity index (χ0) is 22.2. The molecule has 6 nitrogen and oxygen atoms in total. The van der Waals surface area contributed by atoms with Crippen LogP contribution < -0.4 is 14.8 Å². The zero-order valence-electron chi connectivity index (χ0n) is 17.8. The van der Waals surface area contributed by atoms with Gasteiger partial charge in [0.15, 0.2) is 6.10 Å². The van der Waals surface area contributed by atoms with Gasteiger partial charge >= 0.3 is 5.97 Å². The van der Waals surface area contributed by atoms with Gasteiger partial charge in [0.25, 0.3) is 5.91 Å². The van der Waals surface area contributed by atoms with Crippen LogP contribution in [-0.2, 0) is 16.1 Å². The Morgan fingerprint density at radius 1 is 0.968 bits per heavy atom. The maximum atomic E-state index is 12.7. The number of benzene rings is 3. The molecule has 0 aliphatic carbocycles. The van der Waals surface area contributed by atoms with Crippen LogP contribution in [0.25, 0.3) is 0 Å². The lowest BCUT2D eigenvalue weighted by atomic mass is 10.1. The van der Waals surface area contributed by atoms with Crippen molar-refractivity contribution in [3.8, 4) is 11.5 Å². The van der Waals surface area contributed by atoms with E-state index in [1.165, 1.54) is 14.0 Å². The maximum absolute atomic E-state index is 12.7. The summed E-state index contributed by atoms with van der Waals surface area (Å²) in [5, 5.41) is 2.75. The Bertz CT molecular complexity index is 1050. The molecule has 0 bridgehead atoms. The van der Waals surface area contributed by atoms with E-state index in [-0.39, 0.29) is 6.61 Å². The topological polar surface area (TPSA) is 73.9 Å². The zero-order valence-corrected chi connectivity index (χ0v) is 17.8. The van der Waals surface area contributed by atoms with Crippen LogP contribution in [0.5, 0.6) is 11.5 Å². The van der Waals surface area contributed by atoms with Crippen molar-refractivity contribution in [2.45, 2.75) is 26.6 Å². The molecule has 0 saturated heterocycles. The quantitative estimate of drug-likeness (QED) is 0.533. The van der Waals surface area contributed by atoms with Crippen molar-refractivity contribution >= 4 is 17.6 Å². The Hall–Kier alpha value is -3.80. The highest BCUT2D eigenvalue weighted by molar-refractivity contribution is 5.98. The fraction of sp³-hybridized carbons (Fsp3) is 0.200. The van der Waals surface area contributed by atoms with Crippen molar-refractivity contribution in [3.05, 3.63) is 89.5 Å². The summed E-state index contributed by atoms with van der Waals surface area (Å²) in [5.74, 6) is 0.188. The first-order chi connectivity index (χ1) is 15.0. The second kappa shape index (κ2) is 10.3. The average molecular weight is 419 g/mol. The third-order valence-electron chi connectivity index (χ3n) is 4.64. The molecule has 31 heavy (non-hydrogen) atoms. The molecule has 0 aliphatic heterocycles. The summed E-state index contributed by atoms with van der Waals surface area (Å²) in [6.07, 6.45) is -0.999. The molecule has 0 aromatic heterocycles. The molecule has 1 N–H and O–H groups in total. The van der Waals surface area contributed by atoms with Gasteiger partial charge in [-0.15, -0.1) is 0 Å². The molecule has 0 fully saturated rings. The molecular weight excluding hydrogens is 394 g/mol. The minimum absolute atomic E-state index is 0.205. The van der Waals surface area contributed by atoms with Gasteiger partial charge in [-0.25, -0.2) is 4.79 Å². The monoisotopic (exact) mass is 419 g/mol. The van der Waals surface area contributed by atoms with Gasteiger partial charge < -0.3 is 19.5 Å². The van der Waals surface area contributed by atoms with E-state index in [1.54, 1.807) is 30.3 Å². The summed E-state index contributed by atoms with van der Waals surface area (Å²) in [6.45, 7) is 3.64. The number of hydrogen-bond donors (Lipinski definition) is 1. The van der Waals surface area contributed by atoms with Crippen molar-refractivity contribution in [1.82, 2.24) is 0 Å². The van der Waals surface area contributed by atoms with Crippen LogP contribution in [0.4, 0.5) is 5.69 Å². The second-order valence-electron chi connectivity index (χ2n) is 7.00. The summed E-state index contributed by atoms with van der Waals surface area (Å²) in [5.41, 5.74) is 2.51. The van der Waals surface area contributed by atoms with Crippen molar-refractivity contribution in [2.75, 3.05) is 12.4 Å². The third kappa shape index (κ3) is 5.85. The smallest absolute Gasteiger partial charge is 0.339 e. The van der Waals surface area contributed by atoms with E-state index in [1.807, 2.05) is 49.4 Å².